The second-order valence-corrected chi connectivity index (χ2v) is 8.90. The zero-order chi connectivity index (χ0) is 23.7. The van der Waals surface area contributed by atoms with Gasteiger partial charge in [-0.25, -0.2) is 14.6 Å². The summed E-state index contributed by atoms with van der Waals surface area (Å²) in [5, 5.41) is 4.60. The van der Waals surface area contributed by atoms with E-state index in [0.717, 1.165) is 32.9 Å². The number of hydrogen-bond acceptors (Lipinski definition) is 6. The van der Waals surface area contributed by atoms with Crippen LogP contribution in [0.15, 0.2) is 33.4 Å². The number of nitrogens with one attached hydrogen (secondary N) is 1. The summed E-state index contributed by atoms with van der Waals surface area (Å²) in [6, 6.07) is 5.16. The molecule has 0 radical (unpaired) electrons. The molecule has 0 spiro atoms. The summed E-state index contributed by atoms with van der Waals surface area (Å²) in [4.78, 5) is 30.7. The third-order valence-electron chi connectivity index (χ3n) is 5.77. The van der Waals surface area contributed by atoms with Gasteiger partial charge in [0.15, 0.2) is 11.5 Å². The van der Waals surface area contributed by atoms with E-state index in [0.29, 0.717) is 30.0 Å². The minimum atomic E-state index is -0.633. The number of hydrogen-bond donors (Lipinski definition) is 2. The third-order valence-corrected chi connectivity index (χ3v) is 6.78. The molecule has 33 heavy (non-hydrogen) atoms. The Labute approximate surface area is 195 Å². The summed E-state index contributed by atoms with van der Waals surface area (Å²) >= 11 is 1.62. The van der Waals surface area contributed by atoms with Crippen LogP contribution in [0.4, 0.5) is 10.5 Å². The Morgan fingerprint density at radius 2 is 1.94 bits per heavy atom. The lowest BCUT2D eigenvalue weighted by atomic mass is 9.97. The van der Waals surface area contributed by atoms with Crippen molar-refractivity contribution in [3.8, 4) is 22.8 Å². The van der Waals surface area contributed by atoms with E-state index in [1.54, 1.807) is 34.7 Å². The average Bonchev–Trinajstić information content (AvgIpc) is 3.11. The zero-order valence-electron chi connectivity index (χ0n) is 19.1. The largest absolute Gasteiger partial charge is 0.493 e. The molecule has 2 aromatic heterocycles. The summed E-state index contributed by atoms with van der Waals surface area (Å²) in [6.45, 7) is 5.01. The minimum Gasteiger partial charge on any atom is -0.493 e. The maximum atomic E-state index is 13.6. The first-order valence-corrected chi connectivity index (χ1v) is 11.4. The highest BCUT2D eigenvalue weighted by atomic mass is 32.1. The Kier molecular flexibility index (Phi) is 6.28. The predicted octanol–water partition coefficient (Wildman–Crippen LogP) is 2.47. The highest BCUT2D eigenvalue weighted by Crippen LogP contribution is 2.37. The van der Waals surface area contributed by atoms with Gasteiger partial charge in [0.2, 0.25) is 0 Å². The number of carbonyl (C=O) groups excluding carboxylic acids is 1. The molecule has 0 atom stereocenters. The fourth-order valence-electron chi connectivity index (χ4n) is 4.10. The molecular weight excluding hydrogens is 442 g/mol. The van der Waals surface area contributed by atoms with Crippen molar-refractivity contribution >= 4 is 23.1 Å². The summed E-state index contributed by atoms with van der Waals surface area (Å²) in [7, 11) is 3.20. The number of nitrogens with zero attached hydrogens (tertiary/aromatic N) is 3. The van der Waals surface area contributed by atoms with Gasteiger partial charge in [-0.3, -0.25) is 9.13 Å². The lowest BCUT2D eigenvalue weighted by Gasteiger charge is -2.24. The first-order valence-electron chi connectivity index (χ1n) is 10.6. The van der Waals surface area contributed by atoms with Crippen LogP contribution in [0.25, 0.3) is 11.3 Å². The highest BCUT2D eigenvalue weighted by molar-refractivity contribution is 7.10. The molecule has 1 aliphatic heterocycles. The second-order valence-electron chi connectivity index (χ2n) is 7.81. The lowest BCUT2D eigenvalue weighted by molar-refractivity contribution is 0.248. The topological polar surface area (TPSA) is 113 Å². The first-order chi connectivity index (χ1) is 15.8. The van der Waals surface area contributed by atoms with Crippen molar-refractivity contribution in [1.82, 2.24) is 14.5 Å². The van der Waals surface area contributed by atoms with Gasteiger partial charge in [-0.2, -0.15) is 0 Å². The Morgan fingerprint density at radius 1 is 1.21 bits per heavy atom. The number of primary amides is 1. The molecule has 0 saturated carbocycles. The van der Waals surface area contributed by atoms with Crippen molar-refractivity contribution in [2.24, 2.45) is 10.7 Å². The van der Waals surface area contributed by atoms with Crippen molar-refractivity contribution in [3.63, 3.8) is 0 Å². The molecule has 4 rings (SSSR count). The molecule has 0 aliphatic carbocycles. The maximum absolute atomic E-state index is 13.6. The van der Waals surface area contributed by atoms with Gasteiger partial charge >= 0.3 is 11.7 Å². The van der Waals surface area contributed by atoms with Crippen molar-refractivity contribution in [2.75, 3.05) is 20.8 Å². The molecule has 3 N–H and O–H groups in total. The van der Waals surface area contributed by atoms with E-state index in [1.165, 1.54) is 0 Å². The third kappa shape index (κ3) is 4.25. The number of methoxy groups -OCH3 is 2. The highest BCUT2D eigenvalue weighted by Gasteiger charge is 2.22. The normalized spacial score (nSPS) is 12.8. The molecule has 3 heterocycles. The van der Waals surface area contributed by atoms with Gasteiger partial charge < -0.3 is 20.5 Å². The van der Waals surface area contributed by atoms with Gasteiger partial charge in [0, 0.05) is 36.1 Å². The first kappa shape index (κ1) is 22.7. The summed E-state index contributed by atoms with van der Waals surface area (Å²) in [6.07, 6.45) is 0.682. The molecule has 0 saturated heterocycles. The fraction of sp³-hybridized carbons (Fsp3) is 0.348. The second kappa shape index (κ2) is 9.14. The van der Waals surface area contributed by atoms with Crippen molar-refractivity contribution in [2.45, 2.75) is 33.4 Å². The van der Waals surface area contributed by atoms with Gasteiger partial charge in [-0.15, -0.1) is 11.3 Å². The van der Waals surface area contributed by atoms with E-state index in [-0.39, 0.29) is 18.8 Å². The molecule has 0 fully saturated rings. The molecule has 174 valence electrons. The number of thiophene rings is 1. The van der Waals surface area contributed by atoms with Crippen LogP contribution >= 0.6 is 11.3 Å². The zero-order valence-corrected chi connectivity index (χ0v) is 19.9. The number of aryl methyl sites for hydroxylation is 3. The van der Waals surface area contributed by atoms with E-state index in [1.807, 2.05) is 37.4 Å². The van der Waals surface area contributed by atoms with Crippen LogP contribution in [0, 0.1) is 13.8 Å². The number of ether oxygens (including phenoxy) is 2. The predicted molar refractivity (Wildman–Crippen MR) is 128 cm³/mol. The van der Waals surface area contributed by atoms with Crippen molar-refractivity contribution < 1.29 is 14.3 Å². The molecule has 10 heteroatoms. The number of carbonyl (C=O) groups is 1. The number of nitrogens with two attached hydrogens (primary N) is 1. The molecule has 1 aliphatic rings. The standard InChI is InChI=1S/C23H27N5O4S/c1-13-12-33-14(2)21(13)26-20-11-17-16-10-19(32-4)18(31-3)9-15(16)5-7-27(17)23(30)28(20)8-6-25-22(24)29/h9-12H,5-8H2,1-4H3,(H3,24,25,29). The van der Waals surface area contributed by atoms with Crippen LogP contribution in [-0.4, -0.2) is 35.9 Å². The van der Waals surface area contributed by atoms with Gasteiger partial charge in [0.1, 0.15) is 5.49 Å². The Balaban J connectivity index is 1.96. The Morgan fingerprint density at radius 3 is 2.58 bits per heavy atom. The fourth-order valence-corrected chi connectivity index (χ4v) is 4.89. The van der Waals surface area contributed by atoms with Crippen LogP contribution in [-0.2, 0) is 19.5 Å². The van der Waals surface area contributed by atoms with E-state index in [2.05, 4.69) is 5.32 Å². The van der Waals surface area contributed by atoms with E-state index >= 15 is 0 Å². The maximum Gasteiger partial charge on any atom is 0.330 e. The summed E-state index contributed by atoms with van der Waals surface area (Å²) in [5.41, 5.74) is 10.2. The smallest absolute Gasteiger partial charge is 0.330 e. The van der Waals surface area contributed by atoms with Crippen molar-refractivity contribution in [3.05, 3.63) is 55.6 Å². The number of urea groups is 1. The van der Waals surface area contributed by atoms with E-state index < -0.39 is 6.03 Å². The van der Waals surface area contributed by atoms with E-state index in [9.17, 15) is 9.59 Å². The van der Waals surface area contributed by atoms with Gasteiger partial charge in [0.05, 0.1) is 25.6 Å². The number of rotatable bonds is 6. The number of amides is 2. The van der Waals surface area contributed by atoms with Crippen LogP contribution in [0.5, 0.6) is 11.5 Å². The van der Waals surface area contributed by atoms with Crippen molar-refractivity contribution in [1.29, 1.82) is 0 Å². The molecule has 1 aromatic carbocycles. The SMILES string of the molecule is COc1cc2c(cc1OC)-c1cc(=Nc3c(C)csc3C)n(CCNC(N)=O)c(=O)n1CC2. The monoisotopic (exact) mass is 469 g/mol. The summed E-state index contributed by atoms with van der Waals surface area (Å²) in [5.74, 6) is 1.26. The molecule has 3 aromatic rings. The van der Waals surface area contributed by atoms with E-state index in [4.69, 9.17) is 20.2 Å². The van der Waals surface area contributed by atoms with Crippen LogP contribution in [0.3, 0.4) is 0 Å². The molecular formula is C23H27N5O4S. The quantitative estimate of drug-likeness (QED) is 0.577. The number of benzene rings is 1. The molecule has 9 nitrogen and oxygen atoms in total. The summed E-state index contributed by atoms with van der Waals surface area (Å²) < 4.78 is 14.3. The van der Waals surface area contributed by atoms with Crippen LogP contribution in [0.2, 0.25) is 0 Å². The van der Waals surface area contributed by atoms with Gasteiger partial charge in [0.25, 0.3) is 0 Å². The number of fused-ring (bicyclic) bond motifs is 3. The molecule has 0 bridgehead atoms. The number of aromatic nitrogens is 2. The van der Waals surface area contributed by atoms with Crippen LogP contribution < -0.4 is 31.7 Å². The Hall–Kier alpha value is -3.53. The van der Waals surface area contributed by atoms with Gasteiger partial charge in [-0.1, -0.05) is 0 Å². The Bertz CT molecular complexity index is 1330. The average molecular weight is 470 g/mol. The molecule has 0 unspecified atom stereocenters. The van der Waals surface area contributed by atoms with Gasteiger partial charge in [-0.05, 0) is 48.9 Å². The molecule has 2 amide bonds. The lowest BCUT2D eigenvalue weighted by Crippen LogP contribution is -2.44. The van der Waals surface area contributed by atoms with Crippen LogP contribution in [0.1, 0.15) is 16.0 Å². The minimum absolute atomic E-state index is 0.191.